The highest BCUT2D eigenvalue weighted by molar-refractivity contribution is 5.96. The third-order valence-electron chi connectivity index (χ3n) is 6.44. The molecule has 6 nitrogen and oxygen atoms in total. The van der Waals surface area contributed by atoms with Crippen molar-refractivity contribution in [2.45, 2.75) is 59.0 Å². The number of fused-ring (bicyclic) bond motifs is 1. The number of esters is 1. The van der Waals surface area contributed by atoms with E-state index < -0.39 is 17.8 Å². The van der Waals surface area contributed by atoms with Crippen LogP contribution in [0.25, 0.3) is 0 Å². The molecule has 0 bridgehead atoms. The Hall–Kier alpha value is -2.60. The molecule has 3 unspecified atom stereocenters. The predicted octanol–water partition coefficient (Wildman–Crippen LogP) is 4.27. The summed E-state index contributed by atoms with van der Waals surface area (Å²) in [5.41, 5.74) is 2.66. The van der Waals surface area contributed by atoms with Crippen LogP contribution in [0.5, 0.6) is 5.75 Å². The van der Waals surface area contributed by atoms with Gasteiger partial charge in [-0.2, -0.15) is 0 Å². The van der Waals surface area contributed by atoms with Gasteiger partial charge in [0.05, 0.1) is 24.2 Å². The van der Waals surface area contributed by atoms with Crippen molar-refractivity contribution >= 4 is 11.8 Å². The maximum atomic E-state index is 13.4. The number of para-hydroxylation sites is 1. The van der Waals surface area contributed by atoms with Gasteiger partial charge in [-0.1, -0.05) is 38.1 Å². The van der Waals surface area contributed by atoms with Crippen molar-refractivity contribution in [1.29, 1.82) is 0 Å². The second-order valence-corrected chi connectivity index (χ2v) is 9.55. The Morgan fingerprint density at radius 3 is 2.75 bits per heavy atom. The van der Waals surface area contributed by atoms with Crippen LogP contribution in [0.15, 0.2) is 47.3 Å². The molecule has 0 saturated carbocycles. The lowest BCUT2D eigenvalue weighted by molar-refractivity contribution is -0.143. The molecule has 32 heavy (non-hydrogen) atoms. The number of carbonyl (C=O) groups is 2. The zero-order valence-corrected chi connectivity index (χ0v) is 19.4. The van der Waals surface area contributed by atoms with E-state index in [1.54, 1.807) is 0 Å². The fraction of sp³-hybridized carbons (Fsp3) is 0.538. The van der Waals surface area contributed by atoms with Crippen LogP contribution >= 0.6 is 0 Å². The molecule has 1 aliphatic carbocycles. The third kappa shape index (κ3) is 4.46. The van der Waals surface area contributed by atoms with E-state index in [9.17, 15) is 9.59 Å². The summed E-state index contributed by atoms with van der Waals surface area (Å²) in [5.74, 6) is -0.535. The van der Waals surface area contributed by atoms with Gasteiger partial charge in [0.2, 0.25) is 0 Å². The SMILES string of the molecule is CCOc1ccccc1C1C(C(=O)OCC2CCCO2)=C(C)NC2=CC(C)(C)CC(=O)C21. The number of rotatable bonds is 6. The monoisotopic (exact) mass is 439 g/mol. The molecule has 6 heteroatoms. The highest BCUT2D eigenvalue weighted by Gasteiger charge is 2.47. The average molecular weight is 440 g/mol. The summed E-state index contributed by atoms with van der Waals surface area (Å²) in [6.07, 6.45) is 4.37. The molecule has 172 valence electrons. The van der Waals surface area contributed by atoms with E-state index in [0.29, 0.717) is 36.7 Å². The zero-order chi connectivity index (χ0) is 22.9. The smallest absolute Gasteiger partial charge is 0.336 e. The van der Waals surface area contributed by atoms with Crippen LogP contribution in [0.1, 0.15) is 58.4 Å². The standard InChI is InChI=1S/C26H33NO5/c1-5-30-21-11-7-6-10-18(21)23-22(25(29)32-15-17-9-8-12-31-17)16(2)27-19-13-26(3,4)14-20(28)24(19)23/h6-7,10-11,13,17,23-24,27H,5,8-9,12,14-15H2,1-4H3. The number of hydrogen-bond acceptors (Lipinski definition) is 6. The molecule has 1 aromatic carbocycles. The minimum absolute atomic E-state index is 0.0573. The Labute approximate surface area is 190 Å². The first kappa shape index (κ1) is 22.6. The maximum absolute atomic E-state index is 13.4. The summed E-state index contributed by atoms with van der Waals surface area (Å²) in [4.78, 5) is 26.8. The summed E-state index contributed by atoms with van der Waals surface area (Å²) in [6.45, 7) is 9.35. The Kier molecular flexibility index (Phi) is 6.42. The number of carbonyl (C=O) groups excluding carboxylic acids is 2. The molecule has 3 aliphatic rings. The Balaban J connectivity index is 1.77. The fourth-order valence-corrected chi connectivity index (χ4v) is 5.12. The highest BCUT2D eigenvalue weighted by Crippen LogP contribution is 2.48. The number of hydrogen-bond donors (Lipinski definition) is 1. The van der Waals surface area contributed by atoms with Gasteiger partial charge in [0.25, 0.3) is 0 Å². The molecule has 2 heterocycles. The fourth-order valence-electron chi connectivity index (χ4n) is 5.12. The van der Waals surface area contributed by atoms with E-state index in [4.69, 9.17) is 14.2 Å². The molecular formula is C26H33NO5. The van der Waals surface area contributed by atoms with E-state index in [2.05, 4.69) is 25.2 Å². The van der Waals surface area contributed by atoms with Crippen molar-refractivity contribution in [3.05, 3.63) is 52.9 Å². The van der Waals surface area contributed by atoms with Gasteiger partial charge in [-0.15, -0.1) is 0 Å². The van der Waals surface area contributed by atoms with Crippen LogP contribution < -0.4 is 10.1 Å². The molecule has 1 aromatic rings. The molecule has 1 saturated heterocycles. The summed E-state index contributed by atoms with van der Waals surface area (Å²) in [6, 6.07) is 7.67. The summed E-state index contributed by atoms with van der Waals surface area (Å²) in [5, 5.41) is 3.36. The topological polar surface area (TPSA) is 73.9 Å². The number of allylic oxidation sites excluding steroid dienone is 3. The highest BCUT2D eigenvalue weighted by atomic mass is 16.6. The Morgan fingerprint density at radius 1 is 1.25 bits per heavy atom. The van der Waals surface area contributed by atoms with E-state index >= 15 is 0 Å². The number of Topliss-reactive ketones (excluding diaryl/α,β-unsaturated/α-hetero) is 1. The summed E-state index contributed by atoms with van der Waals surface area (Å²) < 4.78 is 17.2. The van der Waals surface area contributed by atoms with Crippen molar-refractivity contribution < 1.29 is 23.8 Å². The minimum atomic E-state index is -0.474. The summed E-state index contributed by atoms with van der Waals surface area (Å²) >= 11 is 0. The van der Waals surface area contributed by atoms with Crippen molar-refractivity contribution in [2.24, 2.45) is 11.3 Å². The van der Waals surface area contributed by atoms with E-state index in [-0.39, 0.29) is 23.9 Å². The number of ketones is 1. The maximum Gasteiger partial charge on any atom is 0.336 e. The molecule has 0 aromatic heterocycles. The van der Waals surface area contributed by atoms with Crippen molar-refractivity contribution in [2.75, 3.05) is 19.8 Å². The Bertz CT molecular complexity index is 955. The van der Waals surface area contributed by atoms with Crippen molar-refractivity contribution in [1.82, 2.24) is 5.32 Å². The third-order valence-corrected chi connectivity index (χ3v) is 6.44. The molecule has 1 N–H and O–H groups in total. The number of ether oxygens (including phenoxy) is 3. The van der Waals surface area contributed by atoms with Crippen molar-refractivity contribution in [3.63, 3.8) is 0 Å². The molecule has 0 amide bonds. The van der Waals surface area contributed by atoms with E-state index in [0.717, 1.165) is 24.1 Å². The largest absolute Gasteiger partial charge is 0.494 e. The quantitative estimate of drug-likeness (QED) is 0.668. The van der Waals surface area contributed by atoms with Gasteiger partial charge in [-0.05, 0) is 38.2 Å². The van der Waals surface area contributed by atoms with Gasteiger partial charge in [0.15, 0.2) is 0 Å². The van der Waals surface area contributed by atoms with Gasteiger partial charge >= 0.3 is 5.97 Å². The first-order valence-electron chi connectivity index (χ1n) is 11.5. The second-order valence-electron chi connectivity index (χ2n) is 9.55. The van der Waals surface area contributed by atoms with Gasteiger partial charge in [-0.25, -0.2) is 4.79 Å². The molecular weight excluding hydrogens is 406 g/mol. The minimum Gasteiger partial charge on any atom is -0.494 e. The first-order chi connectivity index (χ1) is 15.3. The summed E-state index contributed by atoms with van der Waals surface area (Å²) in [7, 11) is 0. The van der Waals surface area contributed by atoms with Crippen LogP contribution in [0.3, 0.4) is 0 Å². The number of nitrogens with one attached hydrogen (secondary N) is 1. The van der Waals surface area contributed by atoms with Crippen molar-refractivity contribution in [3.8, 4) is 5.75 Å². The molecule has 1 fully saturated rings. The van der Waals surface area contributed by atoms with Crippen LogP contribution in [0, 0.1) is 11.3 Å². The van der Waals surface area contributed by atoms with E-state index in [1.807, 2.05) is 38.1 Å². The van der Waals surface area contributed by atoms with Gasteiger partial charge < -0.3 is 19.5 Å². The molecule has 4 rings (SSSR count). The molecule has 0 spiro atoms. The zero-order valence-electron chi connectivity index (χ0n) is 19.4. The molecule has 0 radical (unpaired) electrons. The predicted molar refractivity (Wildman–Crippen MR) is 121 cm³/mol. The second kappa shape index (κ2) is 9.10. The van der Waals surface area contributed by atoms with E-state index in [1.165, 1.54) is 0 Å². The van der Waals surface area contributed by atoms with Gasteiger partial charge in [0, 0.05) is 35.9 Å². The van der Waals surface area contributed by atoms with Gasteiger partial charge in [0.1, 0.15) is 18.1 Å². The lowest BCUT2D eigenvalue weighted by Gasteiger charge is -2.41. The number of benzene rings is 1. The lowest BCUT2D eigenvalue weighted by Crippen LogP contribution is -2.43. The van der Waals surface area contributed by atoms with Crippen LogP contribution in [-0.2, 0) is 19.1 Å². The van der Waals surface area contributed by atoms with Crippen LogP contribution in [0.4, 0.5) is 0 Å². The molecule has 2 aliphatic heterocycles. The average Bonchev–Trinajstić information content (AvgIpc) is 3.24. The normalized spacial score (nSPS) is 26.8. The van der Waals surface area contributed by atoms with Gasteiger partial charge in [-0.3, -0.25) is 4.79 Å². The van der Waals surface area contributed by atoms with Crippen LogP contribution in [0.2, 0.25) is 0 Å². The first-order valence-corrected chi connectivity index (χ1v) is 11.5. The molecule has 3 atom stereocenters. The Morgan fingerprint density at radius 2 is 2.03 bits per heavy atom. The van der Waals surface area contributed by atoms with Crippen LogP contribution in [-0.4, -0.2) is 37.7 Å². The lowest BCUT2D eigenvalue weighted by atomic mass is 9.66.